The van der Waals surface area contributed by atoms with Crippen molar-refractivity contribution in [2.45, 2.75) is 69.8 Å². The minimum atomic E-state index is -5.84. The van der Waals surface area contributed by atoms with Crippen LogP contribution in [0.5, 0.6) is 0 Å². The monoisotopic (exact) mass is 917 g/mol. The van der Waals surface area contributed by atoms with E-state index >= 15 is 0 Å². The van der Waals surface area contributed by atoms with Crippen LogP contribution in [-0.2, 0) is 56.8 Å². The number of unbranched alkanes of at least 4 members (excludes halogenated alkanes) is 1. The van der Waals surface area contributed by atoms with E-state index in [4.69, 9.17) is 25.9 Å². The molecule has 0 spiro atoms. The van der Waals surface area contributed by atoms with Crippen LogP contribution < -0.4 is 4.72 Å². The van der Waals surface area contributed by atoms with Gasteiger partial charge in [-0.2, -0.15) is 43.2 Å². The Morgan fingerprint density at radius 3 is 1.17 bits per heavy atom. The van der Waals surface area contributed by atoms with E-state index in [-0.39, 0.29) is 20.1 Å². The summed E-state index contributed by atoms with van der Waals surface area (Å²) in [4.78, 5) is 0.322. The first-order chi connectivity index (χ1) is 20.7. The third-order valence-electron chi connectivity index (χ3n) is 6.48. The molecule has 47 heavy (non-hydrogen) atoms. The molecule has 2 aromatic carbocycles. The second-order valence-electron chi connectivity index (χ2n) is 9.62. The molecule has 0 amide bonds. The molecule has 0 atom stereocenters. The number of hydrogen-bond donors (Lipinski definition) is 3. The van der Waals surface area contributed by atoms with Gasteiger partial charge in [-0.1, -0.05) is 83.1 Å². The van der Waals surface area contributed by atoms with Gasteiger partial charge in [0, 0.05) is 26.7 Å². The summed E-state index contributed by atoms with van der Waals surface area (Å²) < 4.78 is 142. The first kappa shape index (κ1) is 47.5. The molecule has 9 nitrogen and oxygen atoms in total. The van der Waals surface area contributed by atoms with Crippen LogP contribution >= 0.6 is 0 Å². The molecule has 6 radical (unpaired) electrons. The molecule has 0 saturated heterocycles. The Hall–Kier alpha value is -1.60. The van der Waals surface area contributed by atoms with Crippen LogP contribution in [0, 0.1) is 29.6 Å². The van der Waals surface area contributed by atoms with E-state index in [1.807, 2.05) is 18.2 Å². The fourth-order valence-corrected chi connectivity index (χ4v) is 4.49. The van der Waals surface area contributed by atoms with Crippen molar-refractivity contribution in [3.8, 4) is 0 Å². The maximum absolute atomic E-state index is 12.0. The summed E-state index contributed by atoms with van der Waals surface area (Å²) in [6.45, 7) is 11.5. The van der Waals surface area contributed by atoms with Crippen molar-refractivity contribution in [1.29, 1.82) is 0 Å². The van der Waals surface area contributed by atoms with Crippen molar-refractivity contribution in [3.63, 3.8) is 0 Å². The Morgan fingerprint density at radius 1 is 0.574 bits per heavy atom. The van der Waals surface area contributed by atoms with Crippen molar-refractivity contribution in [2.75, 3.05) is 6.54 Å². The summed E-state index contributed by atoms with van der Waals surface area (Å²) in [6.07, 6.45) is 2.79. The Balaban J connectivity index is 0. The number of aryl methyl sites for hydroxylation is 1. The fourth-order valence-electron chi connectivity index (χ4n) is 3.39. The maximum atomic E-state index is 12.0. The zero-order valence-corrected chi connectivity index (χ0v) is 30.6. The average Bonchev–Trinajstić information content (AvgIpc) is 3.10. The molecule has 1 aliphatic carbocycles. The first-order valence-corrected chi connectivity index (χ1v) is 17.5. The summed E-state index contributed by atoms with van der Waals surface area (Å²) >= 11 is 0. The van der Waals surface area contributed by atoms with Crippen LogP contribution in [0.2, 0.25) is 0 Å². The molecule has 270 valence electrons. The molecule has 3 N–H and O–H groups in total. The number of rotatable bonds is 7. The van der Waals surface area contributed by atoms with Gasteiger partial charge in [0.15, 0.2) is 0 Å². The standard InChI is InChI=1S/C16H19NO2S.C10H15.2CHF3O3S.Ir/c18-20(19,16-12-5-2-6-13-16)17-14-8-7-11-15-9-3-1-4-10-15;1-6-7(2)9(4)10(5)8(6)3;2*2-1(3,4)8(5,6)7;/h1-6,9-10,12-13,17H,7-8,11,14H2;1-5H3;2*(H,5,6,7);. The molecular formula is C28H36F6IrNO8S3. The van der Waals surface area contributed by atoms with Gasteiger partial charge in [0.05, 0.1) is 4.90 Å². The zero-order chi connectivity index (χ0) is 36.1. The van der Waals surface area contributed by atoms with Gasteiger partial charge in [0.2, 0.25) is 10.0 Å². The minimum absolute atomic E-state index is 0. The molecule has 2 aromatic rings. The van der Waals surface area contributed by atoms with Gasteiger partial charge in [-0.3, -0.25) is 9.11 Å². The third kappa shape index (κ3) is 17.6. The Kier molecular flexibility index (Phi) is 20.4. The second kappa shape index (κ2) is 20.2. The Labute approximate surface area is 286 Å². The first-order valence-electron chi connectivity index (χ1n) is 13.1. The number of hydrogen-bond acceptors (Lipinski definition) is 6. The van der Waals surface area contributed by atoms with Gasteiger partial charge >= 0.3 is 31.3 Å². The number of nitrogens with one attached hydrogen (secondary N) is 1. The smallest absolute Gasteiger partial charge is 0.279 e. The van der Waals surface area contributed by atoms with Gasteiger partial charge in [0.1, 0.15) is 0 Å². The molecule has 1 saturated carbocycles. The van der Waals surface area contributed by atoms with Gasteiger partial charge < -0.3 is 0 Å². The molecule has 1 aliphatic rings. The van der Waals surface area contributed by atoms with Crippen molar-refractivity contribution < 1.29 is 80.8 Å². The average molecular weight is 917 g/mol. The van der Waals surface area contributed by atoms with Crippen LogP contribution in [0.4, 0.5) is 26.3 Å². The predicted octanol–water partition coefficient (Wildman–Crippen LogP) is 6.75. The summed E-state index contributed by atoms with van der Waals surface area (Å²) in [5, 5.41) is 0. The molecule has 0 aliphatic heterocycles. The van der Waals surface area contributed by atoms with Crippen molar-refractivity contribution in [1.82, 2.24) is 4.72 Å². The topological polar surface area (TPSA) is 155 Å². The number of halogens is 6. The molecule has 0 aromatic heterocycles. The maximum Gasteiger partial charge on any atom is 0.522 e. The van der Waals surface area contributed by atoms with E-state index < -0.39 is 41.3 Å². The van der Waals surface area contributed by atoms with Crippen LogP contribution in [-0.4, -0.2) is 51.9 Å². The van der Waals surface area contributed by atoms with E-state index in [9.17, 15) is 34.8 Å². The number of sulfonamides is 1. The van der Waals surface area contributed by atoms with Gasteiger partial charge in [-0.05, 0) is 66.5 Å². The van der Waals surface area contributed by atoms with Crippen LogP contribution in [0.25, 0.3) is 0 Å². The Morgan fingerprint density at radius 2 is 0.872 bits per heavy atom. The largest absolute Gasteiger partial charge is 0.522 e. The molecule has 0 heterocycles. The van der Waals surface area contributed by atoms with Gasteiger partial charge in [0.25, 0.3) is 0 Å². The SMILES string of the molecule is C[C]1[C](C)[C](C)[C](C)[C]1C.O=S(=O)(NCCCCc1ccccc1)c1ccccc1.O=S(=O)(O)C(F)(F)F.O=S(=O)(O)C(F)(F)F.[Ir]. The van der Waals surface area contributed by atoms with E-state index in [2.05, 4.69) is 51.5 Å². The summed E-state index contributed by atoms with van der Waals surface area (Å²) in [5.41, 5.74) is -9.78. The Bertz CT molecular complexity index is 1410. The second-order valence-corrected chi connectivity index (χ2v) is 14.2. The van der Waals surface area contributed by atoms with Crippen molar-refractivity contribution in [3.05, 3.63) is 95.8 Å². The van der Waals surface area contributed by atoms with E-state index in [0.717, 1.165) is 19.3 Å². The summed E-state index contributed by atoms with van der Waals surface area (Å²) in [6, 6.07) is 18.7. The number of alkyl halides is 6. The van der Waals surface area contributed by atoms with Gasteiger partial charge in [-0.15, -0.1) is 0 Å². The number of benzene rings is 2. The van der Waals surface area contributed by atoms with Crippen molar-refractivity contribution in [2.24, 2.45) is 0 Å². The van der Waals surface area contributed by atoms with E-state index in [1.165, 1.54) is 35.2 Å². The molecular weight excluding hydrogens is 881 g/mol. The summed E-state index contributed by atoms with van der Waals surface area (Å²) in [5.74, 6) is 7.34. The van der Waals surface area contributed by atoms with Crippen LogP contribution in [0.3, 0.4) is 0 Å². The molecule has 3 rings (SSSR count). The predicted molar refractivity (Wildman–Crippen MR) is 161 cm³/mol. The minimum Gasteiger partial charge on any atom is -0.279 e. The van der Waals surface area contributed by atoms with Crippen LogP contribution in [0.1, 0.15) is 53.0 Å². The van der Waals surface area contributed by atoms with Crippen LogP contribution in [0.15, 0.2) is 65.6 Å². The zero-order valence-electron chi connectivity index (χ0n) is 25.8. The fraction of sp³-hybridized carbons (Fsp3) is 0.393. The third-order valence-corrected chi connectivity index (χ3v) is 9.13. The van der Waals surface area contributed by atoms with Crippen molar-refractivity contribution >= 4 is 30.3 Å². The molecule has 19 heteroatoms. The quantitative estimate of drug-likeness (QED) is 0.119. The van der Waals surface area contributed by atoms with Gasteiger partial charge in [-0.25, -0.2) is 13.1 Å². The van der Waals surface area contributed by atoms with E-state index in [0.29, 0.717) is 11.4 Å². The molecule has 0 bridgehead atoms. The molecule has 1 fully saturated rings. The van der Waals surface area contributed by atoms with E-state index in [1.54, 1.807) is 30.3 Å². The summed E-state index contributed by atoms with van der Waals surface area (Å²) in [7, 11) is -15.0. The molecule has 0 unspecified atom stereocenters. The normalized spacial score (nSPS) is 15.7.